The van der Waals surface area contributed by atoms with E-state index in [-0.39, 0.29) is 10.8 Å². The first-order valence-electron chi connectivity index (χ1n) is 7.21. The van der Waals surface area contributed by atoms with Gasteiger partial charge >= 0.3 is 0 Å². The van der Waals surface area contributed by atoms with E-state index in [1.54, 1.807) is 39.2 Å². The molecule has 0 aromatic heterocycles. The molecule has 2 aromatic carbocycles. The van der Waals surface area contributed by atoms with Crippen LogP contribution in [-0.2, 0) is 10.0 Å². The molecule has 24 heavy (non-hydrogen) atoms. The van der Waals surface area contributed by atoms with Gasteiger partial charge in [0.2, 0.25) is 0 Å². The predicted molar refractivity (Wildman–Crippen MR) is 96.2 cm³/mol. The molecule has 0 atom stereocenters. The lowest BCUT2D eigenvalue weighted by atomic mass is 10.1. The fourth-order valence-corrected chi connectivity index (χ4v) is 3.61. The normalized spacial score (nSPS) is 11.2. The van der Waals surface area contributed by atoms with E-state index in [1.807, 2.05) is 0 Å². The zero-order valence-electron chi connectivity index (χ0n) is 13.9. The predicted octanol–water partition coefficient (Wildman–Crippen LogP) is 3.18. The van der Waals surface area contributed by atoms with E-state index in [9.17, 15) is 13.2 Å². The zero-order valence-corrected chi connectivity index (χ0v) is 15.5. The van der Waals surface area contributed by atoms with Gasteiger partial charge in [-0.2, -0.15) is 0 Å². The summed E-state index contributed by atoms with van der Waals surface area (Å²) in [4.78, 5) is 13.7. The van der Waals surface area contributed by atoms with E-state index in [4.69, 9.17) is 11.6 Å². The Kier molecular flexibility index (Phi) is 5.20. The first-order valence-corrected chi connectivity index (χ1v) is 9.03. The van der Waals surface area contributed by atoms with Crippen molar-refractivity contribution in [2.75, 3.05) is 25.4 Å². The number of benzene rings is 2. The largest absolute Gasteiger partial charge is 0.345 e. The third-order valence-electron chi connectivity index (χ3n) is 3.67. The summed E-state index contributed by atoms with van der Waals surface area (Å²) in [6, 6.07) is 11.0. The second-order valence-electron chi connectivity index (χ2n) is 5.63. The molecule has 2 aromatic rings. The monoisotopic (exact) mass is 366 g/mol. The Labute approximate surface area is 147 Å². The standard InChI is InChI=1S/C17H19ClN2O3S/c1-12-5-6-13(17(21)19(2)3)11-16(12)20(4)24(22,23)15-9-7-14(18)8-10-15/h5-11H,1-4H3. The van der Waals surface area contributed by atoms with Crippen LogP contribution in [0, 0.1) is 6.92 Å². The summed E-state index contributed by atoms with van der Waals surface area (Å²) in [6.07, 6.45) is 0. The molecular weight excluding hydrogens is 348 g/mol. The van der Waals surface area contributed by atoms with Gasteiger partial charge < -0.3 is 4.90 Å². The van der Waals surface area contributed by atoms with Crippen molar-refractivity contribution in [3.05, 3.63) is 58.6 Å². The number of hydrogen-bond donors (Lipinski definition) is 0. The van der Waals surface area contributed by atoms with Crippen LogP contribution in [0.2, 0.25) is 5.02 Å². The van der Waals surface area contributed by atoms with Crippen LogP contribution in [0.15, 0.2) is 47.4 Å². The molecule has 0 radical (unpaired) electrons. The summed E-state index contributed by atoms with van der Waals surface area (Å²) >= 11 is 5.82. The number of aryl methyl sites for hydroxylation is 1. The second kappa shape index (κ2) is 6.83. The number of amides is 1. The van der Waals surface area contributed by atoms with Crippen LogP contribution in [0.5, 0.6) is 0 Å². The average Bonchev–Trinajstić information content (AvgIpc) is 2.54. The van der Waals surface area contributed by atoms with Gasteiger partial charge in [-0.3, -0.25) is 9.10 Å². The molecule has 0 aliphatic carbocycles. The topological polar surface area (TPSA) is 57.7 Å². The molecule has 5 nitrogen and oxygen atoms in total. The summed E-state index contributed by atoms with van der Waals surface area (Å²) in [5.74, 6) is -0.187. The van der Waals surface area contributed by atoms with Crippen molar-refractivity contribution in [2.45, 2.75) is 11.8 Å². The highest BCUT2D eigenvalue weighted by atomic mass is 35.5. The molecule has 0 unspecified atom stereocenters. The molecule has 1 amide bonds. The molecule has 0 aliphatic rings. The van der Waals surface area contributed by atoms with Crippen LogP contribution in [0.1, 0.15) is 15.9 Å². The third kappa shape index (κ3) is 3.55. The maximum absolute atomic E-state index is 12.8. The molecule has 0 aliphatic heterocycles. The lowest BCUT2D eigenvalue weighted by molar-refractivity contribution is 0.0827. The lowest BCUT2D eigenvalue weighted by Crippen LogP contribution is -2.28. The smallest absolute Gasteiger partial charge is 0.264 e. The summed E-state index contributed by atoms with van der Waals surface area (Å²) in [6.45, 7) is 1.80. The van der Waals surface area contributed by atoms with Crippen LogP contribution >= 0.6 is 11.6 Å². The number of anilines is 1. The second-order valence-corrected chi connectivity index (χ2v) is 8.03. The Morgan fingerprint density at radius 2 is 1.58 bits per heavy atom. The molecule has 0 saturated carbocycles. The fraction of sp³-hybridized carbons (Fsp3) is 0.235. The first-order chi connectivity index (χ1) is 11.1. The zero-order chi connectivity index (χ0) is 18.1. The van der Waals surface area contributed by atoms with Crippen LogP contribution in [0.4, 0.5) is 5.69 Å². The molecule has 0 saturated heterocycles. The summed E-state index contributed by atoms with van der Waals surface area (Å²) < 4.78 is 26.8. The van der Waals surface area contributed by atoms with E-state index in [2.05, 4.69) is 0 Å². The van der Waals surface area contributed by atoms with Crippen LogP contribution in [0.25, 0.3) is 0 Å². The fourth-order valence-electron chi connectivity index (χ4n) is 2.23. The lowest BCUT2D eigenvalue weighted by Gasteiger charge is -2.22. The van der Waals surface area contributed by atoms with Gasteiger partial charge in [0.25, 0.3) is 15.9 Å². The highest BCUT2D eigenvalue weighted by Crippen LogP contribution is 2.27. The van der Waals surface area contributed by atoms with E-state index >= 15 is 0 Å². The maximum atomic E-state index is 12.8. The Bertz CT molecular complexity index is 862. The highest BCUT2D eigenvalue weighted by Gasteiger charge is 2.23. The van der Waals surface area contributed by atoms with Gasteiger partial charge in [0.1, 0.15) is 0 Å². The number of hydrogen-bond acceptors (Lipinski definition) is 3. The highest BCUT2D eigenvalue weighted by molar-refractivity contribution is 7.92. The van der Waals surface area contributed by atoms with Crippen LogP contribution < -0.4 is 4.31 Å². The van der Waals surface area contributed by atoms with Gasteiger partial charge in [0.15, 0.2) is 0 Å². The molecule has 2 rings (SSSR count). The number of carbonyl (C=O) groups excluding carboxylic acids is 1. The maximum Gasteiger partial charge on any atom is 0.264 e. The van der Waals surface area contributed by atoms with Gasteiger partial charge in [-0.05, 0) is 48.9 Å². The molecule has 7 heteroatoms. The van der Waals surface area contributed by atoms with E-state index < -0.39 is 10.0 Å². The minimum atomic E-state index is -3.74. The Morgan fingerprint density at radius 1 is 1.00 bits per heavy atom. The van der Waals surface area contributed by atoms with E-state index in [0.717, 1.165) is 5.56 Å². The van der Waals surface area contributed by atoms with Crippen molar-refractivity contribution in [1.29, 1.82) is 0 Å². The van der Waals surface area contributed by atoms with Crippen LogP contribution in [0.3, 0.4) is 0 Å². The minimum Gasteiger partial charge on any atom is -0.345 e. The summed E-state index contributed by atoms with van der Waals surface area (Å²) in [5.41, 5.74) is 1.64. The van der Waals surface area contributed by atoms with Crippen molar-refractivity contribution < 1.29 is 13.2 Å². The average molecular weight is 367 g/mol. The van der Waals surface area contributed by atoms with Gasteiger partial charge in [-0.25, -0.2) is 8.42 Å². The quantitative estimate of drug-likeness (QED) is 0.835. The molecule has 0 N–H and O–H groups in total. The van der Waals surface area contributed by atoms with Crippen molar-refractivity contribution in [3.8, 4) is 0 Å². The van der Waals surface area contributed by atoms with Crippen molar-refractivity contribution in [3.63, 3.8) is 0 Å². The van der Waals surface area contributed by atoms with Crippen molar-refractivity contribution >= 4 is 33.2 Å². The van der Waals surface area contributed by atoms with E-state index in [1.165, 1.54) is 40.5 Å². The van der Waals surface area contributed by atoms with E-state index in [0.29, 0.717) is 16.3 Å². The van der Waals surface area contributed by atoms with Gasteiger partial charge in [0, 0.05) is 31.7 Å². The summed E-state index contributed by atoms with van der Waals surface area (Å²) in [7, 11) is 1.02. The SMILES string of the molecule is Cc1ccc(C(=O)N(C)C)cc1N(C)S(=O)(=O)c1ccc(Cl)cc1. The number of halogens is 1. The molecule has 0 spiro atoms. The summed E-state index contributed by atoms with van der Waals surface area (Å²) in [5, 5.41) is 0.464. The van der Waals surface area contributed by atoms with Gasteiger partial charge in [0.05, 0.1) is 10.6 Å². The molecule has 128 valence electrons. The van der Waals surface area contributed by atoms with Crippen LogP contribution in [-0.4, -0.2) is 40.4 Å². The number of sulfonamides is 1. The van der Waals surface area contributed by atoms with Crippen molar-refractivity contribution in [2.24, 2.45) is 0 Å². The van der Waals surface area contributed by atoms with Crippen molar-refractivity contribution in [1.82, 2.24) is 4.90 Å². The number of rotatable bonds is 4. The van der Waals surface area contributed by atoms with Gasteiger partial charge in [-0.15, -0.1) is 0 Å². The first kappa shape index (κ1) is 18.3. The number of nitrogens with zero attached hydrogens (tertiary/aromatic N) is 2. The molecular formula is C17H19ClN2O3S. The molecule has 0 fully saturated rings. The molecule has 0 heterocycles. The third-order valence-corrected chi connectivity index (χ3v) is 5.71. The Morgan fingerprint density at radius 3 is 2.12 bits per heavy atom. The minimum absolute atomic E-state index is 0.137. The number of carbonyl (C=O) groups is 1. The Hall–Kier alpha value is -2.05. The molecule has 0 bridgehead atoms. The Balaban J connectivity index is 2.48. The van der Waals surface area contributed by atoms with Gasteiger partial charge in [-0.1, -0.05) is 17.7 Å².